The lowest BCUT2D eigenvalue weighted by atomic mass is 10.1. The number of aromatic amines is 2. The van der Waals surface area contributed by atoms with Gasteiger partial charge in [-0.2, -0.15) is 0 Å². The van der Waals surface area contributed by atoms with Gasteiger partial charge in [-0.3, -0.25) is 9.59 Å². The summed E-state index contributed by atoms with van der Waals surface area (Å²) in [5.74, 6) is 0.805. The molecule has 2 fully saturated rings. The van der Waals surface area contributed by atoms with Crippen LogP contribution in [0, 0.1) is 0 Å². The van der Waals surface area contributed by atoms with Crippen LogP contribution in [0.1, 0.15) is 66.2 Å². The Balaban J connectivity index is 0.000000173. The minimum atomic E-state index is -0.119. The highest BCUT2D eigenvalue weighted by atomic mass is 79.9. The first kappa shape index (κ1) is 46.2. The summed E-state index contributed by atoms with van der Waals surface area (Å²) in [6, 6.07) is 13.8. The molecule has 17 heteroatoms. The number of nitrogens with zero attached hydrogens (tertiary/aromatic N) is 2. The van der Waals surface area contributed by atoms with Crippen LogP contribution in [0.3, 0.4) is 0 Å². The number of alkyl halides is 1. The first-order valence-corrected chi connectivity index (χ1v) is 23.6. The molecule has 0 saturated carbocycles. The van der Waals surface area contributed by atoms with Gasteiger partial charge >= 0.3 is 0 Å². The zero-order valence-corrected chi connectivity index (χ0v) is 38.2. The molecule has 4 aromatic heterocycles. The average Bonchev–Trinajstić information content (AvgIpc) is 3.92. The SMILES string of the molecule is BrCCOC1CCCCO1.CC(C)Nc1nc(-c2cc(=O)c3ccc(O)cc3[nH]2)cs1.CC(C)Nc1nc(-c2cc(=O)c3ccc(OCCOC4CCCCO4)cc3[nH]2)cs1. The maximum absolute atomic E-state index is 12.6. The van der Waals surface area contributed by atoms with Crippen LogP contribution in [0.2, 0.25) is 0 Å². The van der Waals surface area contributed by atoms with Gasteiger partial charge < -0.3 is 49.4 Å². The van der Waals surface area contributed by atoms with Gasteiger partial charge in [0, 0.05) is 76.4 Å². The quantitative estimate of drug-likeness (QED) is 0.0516. The topological polar surface area (TPSA) is 182 Å². The lowest BCUT2D eigenvalue weighted by Crippen LogP contribution is -2.24. The summed E-state index contributed by atoms with van der Waals surface area (Å²) in [6.07, 6.45) is 6.63. The zero-order chi connectivity index (χ0) is 43.1. The number of hydrogen-bond donors (Lipinski definition) is 5. The van der Waals surface area contributed by atoms with E-state index in [9.17, 15) is 14.7 Å². The summed E-state index contributed by atoms with van der Waals surface area (Å²) in [4.78, 5) is 40.2. The Kier molecular flexibility index (Phi) is 17.5. The molecule has 2 aliphatic rings. The van der Waals surface area contributed by atoms with Crippen molar-refractivity contribution < 1.29 is 28.8 Å². The predicted molar refractivity (Wildman–Crippen MR) is 249 cm³/mol. The zero-order valence-electron chi connectivity index (χ0n) is 35.0. The molecule has 8 rings (SSSR count). The second kappa shape index (κ2) is 23.2. The van der Waals surface area contributed by atoms with Crippen molar-refractivity contribution in [1.29, 1.82) is 0 Å². The van der Waals surface area contributed by atoms with Gasteiger partial charge in [0.05, 0.1) is 47.0 Å². The number of fused-ring (bicyclic) bond motifs is 2. The van der Waals surface area contributed by atoms with Crippen LogP contribution in [0.25, 0.3) is 44.6 Å². The number of phenolic OH excluding ortho intramolecular Hbond substituents is 1. The van der Waals surface area contributed by atoms with Crippen LogP contribution in [-0.4, -0.2) is 88.1 Å². The molecule has 61 heavy (non-hydrogen) atoms. The smallest absolute Gasteiger partial charge is 0.190 e. The van der Waals surface area contributed by atoms with Crippen LogP contribution in [0.4, 0.5) is 10.3 Å². The van der Waals surface area contributed by atoms with Crippen molar-refractivity contribution in [3.05, 3.63) is 79.7 Å². The number of phenols is 1. The summed E-state index contributed by atoms with van der Waals surface area (Å²) in [6.45, 7) is 11.5. The third kappa shape index (κ3) is 14.1. The average molecular weight is 940 g/mol. The summed E-state index contributed by atoms with van der Waals surface area (Å²) in [7, 11) is 0. The Hall–Kier alpha value is -4.36. The molecule has 0 bridgehead atoms. The van der Waals surface area contributed by atoms with Crippen LogP contribution < -0.4 is 26.2 Å². The second-order valence-electron chi connectivity index (χ2n) is 15.1. The number of anilines is 2. The highest BCUT2D eigenvalue weighted by Gasteiger charge is 2.15. The molecule has 0 spiro atoms. The van der Waals surface area contributed by atoms with Crippen LogP contribution in [0.5, 0.6) is 11.5 Å². The van der Waals surface area contributed by atoms with E-state index in [-0.39, 0.29) is 29.2 Å². The monoisotopic (exact) mass is 938 g/mol. The minimum Gasteiger partial charge on any atom is -0.508 e. The van der Waals surface area contributed by atoms with Gasteiger partial charge in [0.1, 0.15) is 18.1 Å². The van der Waals surface area contributed by atoms with Crippen molar-refractivity contribution in [2.75, 3.05) is 49.0 Å². The second-order valence-corrected chi connectivity index (χ2v) is 17.6. The first-order valence-electron chi connectivity index (χ1n) is 20.7. The van der Waals surface area contributed by atoms with Gasteiger partial charge in [-0.15, -0.1) is 22.7 Å². The van der Waals surface area contributed by atoms with E-state index in [2.05, 4.69) is 60.3 Å². The number of aromatic nitrogens is 4. The van der Waals surface area contributed by atoms with Crippen molar-refractivity contribution in [3.8, 4) is 34.3 Å². The van der Waals surface area contributed by atoms with Crippen LogP contribution in [0.15, 0.2) is 68.9 Å². The Labute approximate surface area is 371 Å². The van der Waals surface area contributed by atoms with Crippen molar-refractivity contribution in [2.24, 2.45) is 0 Å². The summed E-state index contributed by atoms with van der Waals surface area (Å²) in [5, 5.41) is 23.6. The molecular formula is C44H55BrN6O8S2. The Bertz CT molecular complexity index is 2410. The molecule has 328 valence electrons. The molecule has 2 saturated heterocycles. The van der Waals surface area contributed by atoms with E-state index in [4.69, 9.17) is 23.7 Å². The molecule has 2 atom stereocenters. The largest absolute Gasteiger partial charge is 0.508 e. The molecule has 5 N–H and O–H groups in total. The van der Waals surface area contributed by atoms with Gasteiger partial charge in [0.15, 0.2) is 33.7 Å². The van der Waals surface area contributed by atoms with Gasteiger partial charge in [-0.1, -0.05) is 15.9 Å². The molecule has 2 aromatic carbocycles. The number of halogens is 1. The summed E-state index contributed by atoms with van der Waals surface area (Å²) >= 11 is 6.31. The number of hydrogen-bond acceptors (Lipinski definition) is 14. The van der Waals surface area contributed by atoms with E-state index >= 15 is 0 Å². The van der Waals surface area contributed by atoms with E-state index in [1.807, 2.05) is 36.7 Å². The highest BCUT2D eigenvalue weighted by molar-refractivity contribution is 9.09. The van der Waals surface area contributed by atoms with E-state index in [1.54, 1.807) is 24.3 Å². The van der Waals surface area contributed by atoms with Crippen molar-refractivity contribution >= 4 is 70.7 Å². The third-order valence-electron chi connectivity index (χ3n) is 9.31. The fourth-order valence-electron chi connectivity index (χ4n) is 6.46. The molecule has 6 heterocycles. The predicted octanol–water partition coefficient (Wildman–Crippen LogP) is 9.50. The highest BCUT2D eigenvalue weighted by Crippen LogP contribution is 2.27. The summed E-state index contributed by atoms with van der Waals surface area (Å²) < 4.78 is 27.8. The summed E-state index contributed by atoms with van der Waals surface area (Å²) in [5.41, 5.74) is 3.97. The molecule has 2 aliphatic heterocycles. The Morgan fingerprint density at radius 2 is 1.26 bits per heavy atom. The molecule has 14 nitrogen and oxygen atoms in total. The molecule has 6 aromatic rings. The molecule has 0 radical (unpaired) electrons. The number of benzene rings is 2. The third-order valence-corrected chi connectivity index (χ3v) is 11.2. The maximum Gasteiger partial charge on any atom is 0.190 e. The van der Waals surface area contributed by atoms with Crippen molar-refractivity contribution in [2.45, 2.75) is 90.9 Å². The Morgan fingerprint density at radius 1 is 0.738 bits per heavy atom. The number of aromatic hydroxyl groups is 1. The normalized spacial score (nSPS) is 16.5. The molecule has 2 unspecified atom stereocenters. The van der Waals surface area contributed by atoms with Gasteiger partial charge in [-0.25, -0.2) is 9.97 Å². The fraction of sp³-hybridized carbons (Fsp3) is 0.455. The van der Waals surface area contributed by atoms with Crippen LogP contribution >= 0.6 is 38.6 Å². The van der Waals surface area contributed by atoms with E-state index in [1.165, 1.54) is 47.6 Å². The number of H-pyrrole nitrogens is 2. The van der Waals surface area contributed by atoms with Gasteiger partial charge in [0.25, 0.3) is 0 Å². The fourth-order valence-corrected chi connectivity index (χ4v) is 8.36. The van der Waals surface area contributed by atoms with E-state index in [0.717, 1.165) is 72.3 Å². The number of rotatable bonds is 14. The van der Waals surface area contributed by atoms with Crippen LogP contribution in [-0.2, 0) is 18.9 Å². The molecular weight excluding hydrogens is 885 g/mol. The van der Waals surface area contributed by atoms with E-state index in [0.29, 0.717) is 64.4 Å². The lowest BCUT2D eigenvalue weighted by molar-refractivity contribution is -0.165. The Morgan fingerprint density at radius 3 is 1.77 bits per heavy atom. The van der Waals surface area contributed by atoms with Crippen molar-refractivity contribution in [1.82, 2.24) is 19.9 Å². The number of ether oxygens (including phenoxy) is 5. The minimum absolute atomic E-state index is 0.0468. The van der Waals surface area contributed by atoms with Crippen molar-refractivity contribution in [3.63, 3.8) is 0 Å². The lowest BCUT2D eigenvalue weighted by Gasteiger charge is -2.22. The number of nitrogens with one attached hydrogen (secondary N) is 4. The van der Waals surface area contributed by atoms with Gasteiger partial charge in [0.2, 0.25) is 0 Å². The number of thiazole rings is 2. The molecule has 0 amide bonds. The van der Waals surface area contributed by atoms with Gasteiger partial charge in [-0.05, 0) is 90.5 Å². The van der Waals surface area contributed by atoms with E-state index < -0.39 is 0 Å². The number of pyridine rings is 2. The maximum atomic E-state index is 12.6. The standard InChI is InChI=1S/C22H27N3O4S.C15H15N3O2S.C7H13BrO2/c1-14(2)23-22-25-19(13-30-22)18-12-20(26)16-7-6-15(11-17(16)24-18)27-9-10-29-21-5-3-4-8-28-21;1-8(2)16-15-18-13(7-21-15)12-6-14(20)10-4-3-9(19)5-11(10)17-12;8-4-6-10-7-3-1-2-5-9-7/h6-7,11-14,21H,3-5,8-10H2,1-2H3,(H,23,25)(H,24,26);3-8,19H,1-2H3,(H,16,18)(H,17,20);7H,1-6H2. The first-order chi connectivity index (χ1) is 29.5. The molecule has 0 aliphatic carbocycles.